The summed E-state index contributed by atoms with van der Waals surface area (Å²) in [4.78, 5) is 22.6. The number of nitrogens with one attached hydrogen (secondary N) is 2. The van der Waals surface area contributed by atoms with Crippen molar-refractivity contribution in [3.63, 3.8) is 0 Å². The fraction of sp³-hybridized carbons (Fsp3) is 0.429. The van der Waals surface area contributed by atoms with Crippen LogP contribution in [0, 0.1) is 0 Å². The highest BCUT2D eigenvalue weighted by molar-refractivity contribution is 5.88. The lowest BCUT2D eigenvalue weighted by atomic mass is 10.1. The number of rotatable bonds is 6. The first-order valence-corrected chi connectivity index (χ1v) is 6.40. The molecule has 0 bridgehead atoms. The summed E-state index contributed by atoms with van der Waals surface area (Å²) < 4.78 is 0. The predicted molar refractivity (Wildman–Crippen MR) is 75.6 cm³/mol. The summed E-state index contributed by atoms with van der Waals surface area (Å²) in [6.07, 6.45) is 1.12. The number of amides is 2. The minimum atomic E-state index is -0.114. The molecular weight excluding hydrogens is 242 g/mol. The van der Waals surface area contributed by atoms with Crippen LogP contribution < -0.4 is 16.4 Å². The van der Waals surface area contributed by atoms with E-state index in [4.69, 9.17) is 5.73 Å². The molecule has 0 saturated carbocycles. The van der Waals surface area contributed by atoms with Gasteiger partial charge >= 0.3 is 0 Å². The van der Waals surface area contributed by atoms with Crippen molar-refractivity contribution in [3.05, 3.63) is 29.8 Å². The van der Waals surface area contributed by atoms with Crippen LogP contribution in [0.1, 0.15) is 38.3 Å². The van der Waals surface area contributed by atoms with Crippen LogP contribution in [0.5, 0.6) is 0 Å². The van der Waals surface area contributed by atoms with Gasteiger partial charge in [-0.1, -0.05) is 12.1 Å². The highest BCUT2D eigenvalue weighted by Crippen LogP contribution is 2.17. The van der Waals surface area contributed by atoms with Crippen molar-refractivity contribution in [1.29, 1.82) is 0 Å². The summed E-state index contributed by atoms with van der Waals surface area (Å²) in [5, 5.41) is 5.62. The lowest BCUT2D eigenvalue weighted by Crippen LogP contribution is -2.27. The summed E-state index contributed by atoms with van der Waals surface area (Å²) in [7, 11) is 0. The van der Waals surface area contributed by atoms with Crippen LogP contribution in [-0.2, 0) is 9.59 Å². The first-order valence-electron chi connectivity index (χ1n) is 6.40. The van der Waals surface area contributed by atoms with Gasteiger partial charge in [0.1, 0.15) is 0 Å². The van der Waals surface area contributed by atoms with E-state index in [2.05, 4.69) is 10.6 Å². The lowest BCUT2D eigenvalue weighted by molar-refractivity contribution is -0.121. The van der Waals surface area contributed by atoms with Gasteiger partial charge in [-0.15, -0.1) is 0 Å². The zero-order valence-corrected chi connectivity index (χ0v) is 11.4. The first kappa shape index (κ1) is 15.2. The summed E-state index contributed by atoms with van der Waals surface area (Å²) in [6.45, 7) is 3.89. The van der Waals surface area contributed by atoms with Crippen molar-refractivity contribution in [3.8, 4) is 0 Å². The smallest absolute Gasteiger partial charge is 0.221 e. The van der Waals surface area contributed by atoms with Crippen LogP contribution in [-0.4, -0.2) is 18.4 Å². The number of anilines is 1. The SMILES string of the molecule is CC(=O)Nc1cccc(C(C)NC(=O)CCCN)c1. The number of carbonyl (C=O) groups is 2. The molecule has 0 aromatic heterocycles. The Morgan fingerprint density at radius 2 is 2.11 bits per heavy atom. The van der Waals surface area contributed by atoms with Crippen molar-refractivity contribution >= 4 is 17.5 Å². The van der Waals surface area contributed by atoms with E-state index in [1.165, 1.54) is 6.92 Å². The molecule has 0 aliphatic heterocycles. The maximum absolute atomic E-state index is 11.6. The molecule has 1 unspecified atom stereocenters. The third kappa shape index (κ3) is 5.52. The van der Waals surface area contributed by atoms with Crippen LogP contribution in [0.25, 0.3) is 0 Å². The van der Waals surface area contributed by atoms with Gasteiger partial charge in [0.15, 0.2) is 0 Å². The molecule has 0 saturated heterocycles. The Bertz CT molecular complexity index is 446. The molecule has 19 heavy (non-hydrogen) atoms. The van der Waals surface area contributed by atoms with Crippen LogP contribution in [0.2, 0.25) is 0 Å². The average Bonchev–Trinajstić information content (AvgIpc) is 2.35. The van der Waals surface area contributed by atoms with E-state index >= 15 is 0 Å². The molecule has 1 rings (SSSR count). The van der Waals surface area contributed by atoms with E-state index in [1.54, 1.807) is 0 Å². The fourth-order valence-electron chi connectivity index (χ4n) is 1.75. The summed E-state index contributed by atoms with van der Waals surface area (Å²) in [5.74, 6) is -0.125. The minimum absolute atomic E-state index is 0.0112. The molecular formula is C14H21N3O2. The van der Waals surface area contributed by atoms with Crippen LogP contribution in [0.3, 0.4) is 0 Å². The lowest BCUT2D eigenvalue weighted by Gasteiger charge is -2.15. The van der Waals surface area contributed by atoms with Crippen molar-refractivity contribution < 1.29 is 9.59 Å². The Morgan fingerprint density at radius 1 is 1.37 bits per heavy atom. The predicted octanol–water partition coefficient (Wildman–Crippen LogP) is 1.56. The highest BCUT2D eigenvalue weighted by atomic mass is 16.2. The van der Waals surface area contributed by atoms with E-state index in [9.17, 15) is 9.59 Å². The van der Waals surface area contributed by atoms with Gasteiger partial charge in [0.2, 0.25) is 11.8 Å². The topological polar surface area (TPSA) is 84.2 Å². The van der Waals surface area contributed by atoms with Crippen LogP contribution in [0.15, 0.2) is 24.3 Å². The second kappa shape index (κ2) is 7.53. The highest BCUT2D eigenvalue weighted by Gasteiger charge is 2.09. The Labute approximate surface area is 113 Å². The third-order valence-electron chi connectivity index (χ3n) is 2.69. The van der Waals surface area contributed by atoms with Crippen molar-refractivity contribution in [2.24, 2.45) is 5.73 Å². The molecule has 1 aromatic rings. The molecule has 1 aromatic carbocycles. The van der Waals surface area contributed by atoms with Gasteiger partial charge in [-0.05, 0) is 37.6 Å². The normalized spacial score (nSPS) is 11.7. The molecule has 2 amide bonds. The fourth-order valence-corrected chi connectivity index (χ4v) is 1.75. The third-order valence-corrected chi connectivity index (χ3v) is 2.69. The molecule has 0 spiro atoms. The quantitative estimate of drug-likeness (QED) is 0.728. The monoisotopic (exact) mass is 263 g/mol. The number of carbonyl (C=O) groups excluding carboxylic acids is 2. The van der Waals surface area contributed by atoms with E-state index in [1.807, 2.05) is 31.2 Å². The van der Waals surface area contributed by atoms with Gasteiger partial charge in [-0.2, -0.15) is 0 Å². The summed E-state index contributed by atoms with van der Waals surface area (Å²) in [6, 6.07) is 7.34. The maximum atomic E-state index is 11.6. The van der Waals surface area contributed by atoms with Gasteiger partial charge < -0.3 is 16.4 Å². The van der Waals surface area contributed by atoms with E-state index in [0.29, 0.717) is 19.4 Å². The average molecular weight is 263 g/mol. The van der Waals surface area contributed by atoms with Gasteiger partial charge in [0.05, 0.1) is 6.04 Å². The van der Waals surface area contributed by atoms with Gasteiger partial charge in [-0.3, -0.25) is 9.59 Å². The number of hydrogen-bond acceptors (Lipinski definition) is 3. The zero-order valence-electron chi connectivity index (χ0n) is 11.4. The molecule has 0 aliphatic rings. The number of hydrogen-bond donors (Lipinski definition) is 3. The first-order chi connectivity index (χ1) is 9.02. The second-order valence-electron chi connectivity index (χ2n) is 4.49. The Hall–Kier alpha value is -1.88. The number of benzene rings is 1. The molecule has 0 aliphatic carbocycles. The second-order valence-corrected chi connectivity index (χ2v) is 4.49. The van der Waals surface area contributed by atoms with E-state index in [0.717, 1.165) is 11.3 Å². The van der Waals surface area contributed by atoms with E-state index in [-0.39, 0.29) is 17.9 Å². The molecule has 5 nitrogen and oxygen atoms in total. The van der Waals surface area contributed by atoms with Crippen molar-refractivity contribution in [2.75, 3.05) is 11.9 Å². The summed E-state index contributed by atoms with van der Waals surface area (Å²) in [5.41, 5.74) is 7.05. The Morgan fingerprint density at radius 3 is 2.74 bits per heavy atom. The molecule has 0 heterocycles. The molecule has 4 N–H and O–H groups in total. The standard InChI is InChI=1S/C14H21N3O2/c1-10(16-14(19)7-4-8-15)12-5-3-6-13(9-12)17-11(2)18/h3,5-6,9-10H,4,7-8,15H2,1-2H3,(H,16,19)(H,17,18). The zero-order chi connectivity index (χ0) is 14.3. The van der Waals surface area contributed by atoms with Gasteiger partial charge in [-0.25, -0.2) is 0 Å². The van der Waals surface area contributed by atoms with Crippen molar-refractivity contribution in [1.82, 2.24) is 5.32 Å². The molecule has 0 fully saturated rings. The Balaban J connectivity index is 2.63. The van der Waals surface area contributed by atoms with Crippen LogP contribution >= 0.6 is 0 Å². The molecule has 1 atom stereocenters. The maximum Gasteiger partial charge on any atom is 0.221 e. The molecule has 104 valence electrons. The van der Waals surface area contributed by atoms with Crippen molar-refractivity contribution in [2.45, 2.75) is 32.7 Å². The van der Waals surface area contributed by atoms with Crippen LogP contribution in [0.4, 0.5) is 5.69 Å². The summed E-state index contributed by atoms with van der Waals surface area (Å²) >= 11 is 0. The number of nitrogens with two attached hydrogens (primary N) is 1. The largest absolute Gasteiger partial charge is 0.350 e. The molecule has 5 heteroatoms. The van der Waals surface area contributed by atoms with E-state index < -0.39 is 0 Å². The Kier molecular flexibility index (Phi) is 6.02. The van der Waals surface area contributed by atoms with Gasteiger partial charge in [0, 0.05) is 19.0 Å². The minimum Gasteiger partial charge on any atom is -0.350 e. The van der Waals surface area contributed by atoms with Gasteiger partial charge in [0.25, 0.3) is 0 Å². The molecule has 0 radical (unpaired) electrons.